The monoisotopic (exact) mass is 291 g/mol. The van der Waals surface area contributed by atoms with Crippen molar-refractivity contribution in [2.45, 2.75) is 37.8 Å². The Balaban J connectivity index is 1.60. The number of hydrogen-bond acceptors (Lipinski definition) is 4. The van der Waals surface area contributed by atoms with Crippen molar-refractivity contribution in [3.63, 3.8) is 0 Å². The number of anilines is 1. The third-order valence-corrected chi connectivity index (χ3v) is 4.15. The Labute approximate surface area is 123 Å². The first-order chi connectivity index (χ1) is 10.1. The van der Waals surface area contributed by atoms with E-state index in [1.54, 1.807) is 15.8 Å². The Morgan fingerprint density at radius 2 is 2.29 bits per heavy atom. The number of carbonyl (C=O) groups excluding carboxylic acids is 2. The predicted octanol–water partition coefficient (Wildman–Crippen LogP) is -0.216. The highest BCUT2D eigenvalue weighted by Crippen LogP contribution is 2.21. The molecule has 2 aliphatic heterocycles. The second-order valence-electron chi connectivity index (χ2n) is 5.71. The highest BCUT2D eigenvalue weighted by Gasteiger charge is 2.35. The maximum absolute atomic E-state index is 12.4. The van der Waals surface area contributed by atoms with E-state index in [9.17, 15) is 9.59 Å². The Bertz CT molecular complexity index is 535. The summed E-state index contributed by atoms with van der Waals surface area (Å²) in [7, 11) is 1.82. The molecule has 1 aromatic rings. The molecule has 1 aromatic heterocycles. The molecule has 3 heterocycles. The summed E-state index contributed by atoms with van der Waals surface area (Å²) in [6.07, 6.45) is 7.15. The van der Waals surface area contributed by atoms with Crippen LogP contribution in [-0.2, 0) is 16.6 Å². The average molecular weight is 291 g/mol. The minimum atomic E-state index is -0.415. The van der Waals surface area contributed by atoms with Gasteiger partial charge in [0.1, 0.15) is 6.04 Å². The maximum atomic E-state index is 12.4. The van der Waals surface area contributed by atoms with Crippen LogP contribution in [0.3, 0.4) is 0 Å². The largest absolute Gasteiger partial charge is 0.343 e. The van der Waals surface area contributed by atoms with E-state index in [0.717, 1.165) is 31.5 Å². The van der Waals surface area contributed by atoms with E-state index in [2.05, 4.69) is 15.7 Å². The summed E-state index contributed by atoms with van der Waals surface area (Å²) < 4.78 is 1.67. The molecular formula is C14H21N5O2. The van der Waals surface area contributed by atoms with E-state index >= 15 is 0 Å². The Hall–Kier alpha value is -1.89. The molecular weight excluding hydrogens is 270 g/mol. The van der Waals surface area contributed by atoms with Crippen LogP contribution in [0.1, 0.15) is 25.7 Å². The van der Waals surface area contributed by atoms with E-state index in [1.165, 1.54) is 0 Å². The minimum absolute atomic E-state index is 0.0489. The number of hydrogen-bond donors (Lipinski definition) is 2. The molecule has 0 radical (unpaired) electrons. The Kier molecular flexibility index (Phi) is 3.92. The number of rotatable bonds is 3. The van der Waals surface area contributed by atoms with Gasteiger partial charge < -0.3 is 15.5 Å². The van der Waals surface area contributed by atoms with Gasteiger partial charge in [-0.25, -0.2) is 0 Å². The average Bonchev–Trinajstić information content (AvgIpc) is 3.07. The van der Waals surface area contributed by atoms with Gasteiger partial charge in [-0.2, -0.15) is 5.10 Å². The molecule has 0 saturated carbocycles. The number of nitrogens with zero attached hydrogens (tertiary/aromatic N) is 3. The number of piperidine rings is 1. The fourth-order valence-electron chi connectivity index (χ4n) is 2.97. The summed E-state index contributed by atoms with van der Waals surface area (Å²) in [5.41, 5.74) is 0.787. The van der Waals surface area contributed by atoms with E-state index in [4.69, 9.17) is 0 Å². The van der Waals surface area contributed by atoms with Crippen molar-refractivity contribution in [2.24, 2.45) is 7.05 Å². The predicted molar refractivity (Wildman–Crippen MR) is 77.8 cm³/mol. The van der Waals surface area contributed by atoms with Gasteiger partial charge in [-0.15, -0.1) is 0 Å². The van der Waals surface area contributed by atoms with Crippen molar-refractivity contribution >= 4 is 17.5 Å². The van der Waals surface area contributed by atoms with Crippen LogP contribution in [0, 0.1) is 0 Å². The summed E-state index contributed by atoms with van der Waals surface area (Å²) in [6, 6.07) is -0.569. The maximum Gasteiger partial charge on any atom is 0.249 e. The van der Waals surface area contributed by atoms with Gasteiger partial charge in [-0.1, -0.05) is 6.42 Å². The molecule has 114 valence electrons. The lowest BCUT2D eigenvalue weighted by Crippen LogP contribution is -2.51. The molecule has 21 heavy (non-hydrogen) atoms. The minimum Gasteiger partial charge on any atom is -0.343 e. The van der Waals surface area contributed by atoms with Gasteiger partial charge in [0.05, 0.1) is 17.9 Å². The van der Waals surface area contributed by atoms with Gasteiger partial charge in [0.15, 0.2) is 0 Å². The van der Waals surface area contributed by atoms with Gasteiger partial charge in [-0.05, 0) is 25.8 Å². The molecule has 2 unspecified atom stereocenters. The van der Waals surface area contributed by atoms with Gasteiger partial charge in [0, 0.05) is 19.8 Å². The summed E-state index contributed by atoms with van der Waals surface area (Å²) >= 11 is 0. The lowest BCUT2D eigenvalue weighted by molar-refractivity contribution is -0.128. The zero-order valence-electron chi connectivity index (χ0n) is 12.2. The van der Waals surface area contributed by atoms with Crippen molar-refractivity contribution in [3.8, 4) is 0 Å². The summed E-state index contributed by atoms with van der Waals surface area (Å²) in [6.45, 7) is 1.49. The highest BCUT2D eigenvalue weighted by molar-refractivity contribution is 6.01. The first kappa shape index (κ1) is 14.1. The van der Waals surface area contributed by atoms with Gasteiger partial charge in [-0.3, -0.25) is 14.3 Å². The van der Waals surface area contributed by atoms with E-state index < -0.39 is 6.04 Å². The SMILES string of the molecule is Cn1cc(N2CCC(NC(=O)C3CCCCN3)C2=O)cn1. The van der Waals surface area contributed by atoms with E-state index in [1.807, 2.05) is 13.2 Å². The van der Waals surface area contributed by atoms with Crippen LogP contribution in [0.2, 0.25) is 0 Å². The van der Waals surface area contributed by atoms with Crippen molar-refractivity contribution < 1.29 is 9.59 Å². The molecule has 3 rings (SSSR count). The first-order valence-electron chi connectivity index (χ1n) is 7.49. The summed E-state index contributed by atoms with van der Waals surface area (Å²) in [5, 5.41) is 10.2. The van der Waals surface area contributed by atoms with Crippen molar-refractivity contribution in [1.29, 1.82) is 0 Å². The molecule has 2 N–H and O–H groups in total. The standard InChI is InChI=1S/C14H21N5O2/c1-18-9-10(8-16-18)19-7-5-12(14(19)21)17-13(20)11-4-2-3-6-15-11/h8-9,11-12,15H,2-7H2,1H3,(H,17,20). The number of carbonyl (C=O) groups is 2. The van der Waals surface area contributed by atoms with Gasteiger partial charge in [0.25, 0.3) is 0 Å². The molecule has 2 atom stereocenters. The molecule has 7 nitrogen and oxygen atoms in total. The van der Waals surface area contributed by atoms with Crippen LogP contribution in [0.5, 0.6) is 0 Å². The van der Waals surface area contributed by atoms with Gasteiger partial charge in [0.2, 0.25) is 11.8 Å². The lowest BCUT2D eigenvalue weighted by Gasteiger charge is -2.24. The number of aromatic nitrogens is 2. The molecule has 7 heteroatoms. The normalized spacial score (nSPS) is 26.1. The van der Waals surface area contributed by atoms with Crippen LogP contribution in [0.25, 0.3) is 0 Å². The third-order valence-electron chi connectivity index (χ3n) is 4.15. The van der Waals surface area contributed by atoms with E-state index in [-0.39, 0.29) is 17.9 Å². The van der Waals surface area contributed by atoms with Crippen LogP contribution in [0.15, 0.2) is 12.4 Å². The molecule has 0 aromatic carbocycles. The van der Waals surface area contributed by atoms with Crippen molar-refractivity contribution in [3.05, 3.63) is 12.4 Å². The quantitative estimate of drug-likeness (QED) is 0.807. The Morgan fingerprint density at radius 1 is 1.43 bits per heavy atom. The molecule has 0 aliphatic carbocycles. The van der Waals surface area contributed by atoms with Crippen LogP contribution in [-0.4, -0.2) is 46.8 Å². The Morgan fingerprint density at radius 3 is 2.95 bits per heavy atom. The molecule has 0 bridgehead atoms. The van der Waals surface area contributed by atoms with Crippen LogP contribution in [0.4, 0.5) is 5.69 Å². The van der Waals surface area contributed by atoms with Crippen LogP contribution >= 0.6 is 0 Å². The molecule has 2 saturated heterocycles. The molecule has 2 aliphatic rings. The zero-order valence-corrected chi connectivity index (χ0v) is 12.2. The number of amides is 2. The fraction of sp³-hybridized carbons (Fsp3) is 0.643. The zero-order chi connectivity index (χ0) is 14.8. The van der Waals surface area contributed by atoms with E-state index in [0.29, 0.717) is 13.0 Å². The number of nitrogens with one attached hydrogen (secondary N) is 2. The number of aryl methyl sites for hydroxylation is 1. The second kappa shape index (κ2) is 5.85. The molecule has 0 spiro atoms. The smallest absolute Gasteiger partial charge is 0.249 e. The third kappa shape index (κ3) is 2.92. The summed E-state index contributed by atoms with van der Waals surface area (Å²) in [4.78, 5) is 26.3. The molecule has 2 amide bonds. The van der Waals surface area contributed by atoms with Crippen LogP contribution < -0.4 is 15.5 Å². The fourth-order valence-corrected chi connectivity index (χ4v) is 2.97. The molecule has 2 fully saturated rings. The lowest BCUT2D eigenvalue weighted by atomic mass is 10.0. The highest BCUT2D eigenvalue weighted by atomic mass is 16.2. The second-order valence-corrected chi connectivity index (χ2v) is 5.71. The topological polar surface area (TPSA) is 79.3 Å². The van der Waals surface area contributed by atoms with Crippen molar-refractivity contribution in [1.82, 2.24) is 20.4 Å². The van der Waals surface area contributed by atoms with Gasteiger partial charge >= 0.3 is 0 Å². The summed E-state index contributed by atoms with van der Waals surface area (Å²) in [5.74, 6) is -0.103. The van der Waals surface area contributed by atoms with Crippen molar-refractivity contribution in [2.75, 3.05) is 18.0 Å². The first-order valence-corrected chi connectivity index (χ1v) is 7.49.